The molecule has 0 aromatic heterocycles. The molecule has 2 unspecified atom stereocenters. The molecule has 2 N–H and O–H groups in total. The van der Waals surface area contributed by atoms with E-state index < -0.39 is 0 Å². The van der Waals surface area contributed by atoms with Gasteiger partial charge in [0.15, 0.2) is 0 Å². The monoisotopic (exact) mass is 181 g/mol. The van der Waals surface area contributed by atoms with Crippen LogP contribution in [0.25, 0.3) is 0 Å². The molecule has 0 radical (unpaired) electrons. The van der Waals surface area contributed by atoms with Gasteiger partial charge in [0.05, 0.1) is 0 Å². The molecule has 2 fully saturated rings. The van der Waals surface area contributed by atoms with Crippen molar-refractivity contribution in [2.24, 2.45) is 28.9 Å². The second-order valence-corrected chi connectivity index (χ2v) is 5.80. The maximum atomic E-state index is 5.94. The highest BCUT2D eigenvalue weighted by Crippen LogP contribution is 2.61. The Hall–Kier alpha value is -0.0400. The molecular formula is C12H23N. The van der Waals surface area contributed by atoms with E-state index >= 15 is 0 Å². The van der Waals surface area contributed by atoms with Crippen molar-refractivity contribution in [3.63, 3.8) is 0 Å². The zero-order valence-electron chi connectivity index (χ0n) is 9.05. The van der Waals surface area contributed by atoms with Crippen molar-refractivity contribution in [1.82, 2.24) is 0 Å². The van der Waals surface area contributed by atoms with Crippen LogP contribution < -0.4 is 5.73 Å². The number of hydrogen-bond donors (Lipinski definition) is 1. The molecule has 2 aliphatic carbocycles. The van der Waals surface area contributed by atoms with Gasteiger partial charge in [0, 0.05) is 0 Å². The Balaban J connectivity index is 1.85. The van der Waals surface area contributed by atoms with Gasteiger partial charge in [-0.2, -0.15) is 0 Å². The van der Waals surface area contributed by atoms with Crippen LogP contribution in [0.3, 0.4) is 0 Å². The molecule has 2 aliphatic rings. The van der Waals surface area contributed by atoms with Crippen molar-refractivity contribution in [3.8, 4) is 0 Å². The fourth-order valence-corrected chi connectivity index (χ4v) is 3.07. The van der Waals surface area contributed by atoms with Gasteiger partial charge in [-0.1, -0.05) is 20.3 Å². The fourth-order valence-electron chi connectivity index (χ4n) is 3.07. The third-order valence-electron chi connectivity index (χ3n) is 4.14. The molecule has 2 saturated carbocycles. The van der Waals surface area contributed by atoms with E-state index in [1.165, 1.54) is 32.1 Å². The van der Waals surface area contributed by atoms with Crippen LogP contribution in [0.15, 0.2) is 0 Å². The number of fused-ring (bicyclic) bond motifs is 1. The fraction of sp³-hybridized carbons (Fsp3) is 1.00. The predicted octanol–water partition coefficient (Wildman–Crippen LogP) is 2.80. The molecule has 2 atom stereocenters. The quantitative estimate of drug-likeness (QED) is 0.709. The van der Waals surface area contributed by atoms with Crippen LogP contribution in [0.5, 0.6) is 0 Å². The summed E-state index contributed by atoms with van der Waals surface area (Å²) in [4.78, 5) is 0. The van der Waals surface area contributed by atoms with Crippen LogP contribution in [0.2, 0.25) is 0 Å². The molecule has 0 saturated heterocycles. The van der Waals surface area contributed by atoms with Crippen molar-refractivity contribution in [1.29, 1.82) is 0 Å². The summed E-state index contributed by atoms with van der Waals surface area (Å²) >= 11 is 0. The van der Waals surface area contributed by atoms with Crippen molar-refractivity contribution < 1.29 is 0 Å². The van der Waals surface area contributed by atoms with Crippen LogP contribution in [-0.2, 0) is 0 Å². The van der Waals surface area contributed by atoms with E-state index in [-0.39, 0.29) is 0 Å². The third kappa shape index (κ3) is 1.90. The van der Waals surface area contributed by atoms with Crippen LogP contribution in [0.1, 0.15) is 46.0 Å². The maximum Gasteiger partial charge on any atom is -0.00203 e. The van der Waals surface area contributed by atoms with Gasteiger partial charge in [0.1, 0.15) is 0 Å². The van der Waals surface area contributed by atoms with E-state index in [1.807, 2.05) is 0 Å². The van der Waals surface area contributed by atoms with Crippen LogP contribution in [-0.4, -0.2) is 6.54 Å². The SMILES string of the molecule is CC(C)CCC1(CN)CC2CC2C1. The van der Waals surface area contributed by atoms with Crippen LogP contribution >= 0.6 is 0 Å². The van der Waals surface area contributed by atoms with Crippen LogP contribution in [0.4, 0.5) is 0 Å². The summed E-state index contributed by atoms with van der Waals surface area (Å²) in [5.74, 6) is 3.01. The van der Waals surface area contributed by atoms with Crippen molar-refractivity contribution >= 4 is 0 Å². The molecule has 0 heterocycles. The predicted molar refractivity (Wildman–Crippen MR) is 56.4 cm³/mol. The van der Waals surface area contributed by atoms with Gasteiger partial charge in [-0.05, 0) is 55.4 Å². The summed E-state index contributed by atoms with van der Waals surface area (Å²) < 4.78 is 0. The topological polar surface area (TPSA) is 26.0 Å². The minimum absolute atomic E-state index is 0.567. The molecule has 0 spiro atoms. The zero-order chi connectivity index (χ0) is 9.47. The molecule has 0 bridgehead atoms. The lowest BCUT2D eigenvalue weighted by atomic mass is 9.77. The Morgan fingerprint density at radius 1 is 1.31 bits per heavy atom. The lowest BCUT2D eigenvalue weighted by Gasteiger charge is -2.30. The van der Waals surface area contributed by atoms with Crippen molar-refractivity contribution in [2.75, 3.05) is 6.54 Å². The summed E-state index contributed by atoms with van der Waals surface area (Å²) in [6, 6.07) is 0. The average Bonchev–Trinajstić information content (AvgIpc) is 2.72. The first kappa shape index (κ1) is 9.51. The number of rotatable bonds is 4. The van der Waals surface area contributed by atoms with Gasteiger partial charge in [-0.25, -0.2) is 0 Å². The van der Waals surface area contributed by atoms with Crippen molar-refractivity contribution in [2.45, 2.75) is 46.0 Å². The van der Waals surface area contributed by atoms with E-state index in [0.29, 0.717) is 5.41 Å². The first-order chi connectivity index (χ1) is 6.15. The molecule has 0 aliphatic heterocycles. The van der Waals surface area contributed by atoms with Crippen LogP contribution in [0, 0.1) is 23.2 Å². The standard InChI is InChI=1S/C12H23N/c1-9(2)3-4-12(8-13)6-10-5-11(10)7-12/h9-11H,3-8,13H2,1-2H3. The van der Waals surface area contributed by atoms with E-state index in [4.69, 9.17) is 5.73 Å². The number of hydrogen-bond acceptors (Lipinski definition) is 1. The Morgan fingerprint density at radius 3 is 2.38 bits per heavy atom. The smallest absolute Gasteiger partial charge is 0.00203 e. The lowest BCUT2D eigenvalue weighted by molar-refractivity contribution is 0.233. The summed E-state index contributed by atoms with van der Waals surface area (Å²) in [5, 5.41) is 0. The van der Waals surface area contributed by atoms with Gasteiger partial charge in [0.2, 0.25) is 0 Å². The second-order valence-electron chi connectivity index (χ2n) is 5.80. The second kappa shape index (κ2) is 3.27. The van der Waals surface area contributed by atoms with Gasteiger partial charge in [0.25, 0.3) is 0 Å². The largest absolute Gasteiger partial charge is 0.330 e. The highest BCUT2D eigenvalue weighted by molar-refractivity contribution is 5.03. The van der Waals surface area contributed by atoms with Gasteiger partial charge in [-0.15, -0.1) is 0 Å². The van der Waals surface area contributed by atoms with E-state index in [2.05, 4.69) is 13.8 Å². The molecule has 76 valence electrons. The van der Waals surface area contributed by atoms with E-state index in [0.717, 1.165) is 24.3 Å². The van der Waals surface area contributed by atoms with Gasteiger partial charge in [-0.3, -0.25) is 0 Å². The van der Waals surface area contributed by atoms with E-state index in [1.54, 1.807) is 0 Å². The van der Waals surface area contributed by atoms with Gasteiger partial charge < -0.3 is 5.73 Å². The van der Waals surface area contributed by atoms with E-state index in [9.17, 15) is 0 Å². The highest BCUT2D eigenvalue weighted by Gasteiger charge is 2.52. The summed E-state index contributed by atoms with van der Waals surface area (Å²) in [7, 11) is 0. The first-order valence-corrected chi connectivity index (χ1v) is 5.85. The third-order valence-corrected chi connectivity index (χ3v) is 4.14. The first-order valence-electron chi connectivity index (χ1n) is 5.85. The minimum Gasteiger partial charge on any atom is -0.330 e. The highest BCUT2D eigenvalue weighted by atomic mass is 14.7. The molecule has 2 rings (SSSR count). The molecule has 0 aromatic rings. The Morgan fingerprint density at radius 2 is 1.92 bits per heavy atom. The summed E-state index contributed by atoms with van der Waals surface area (Å²) in [6.45, 7) is 5.58. The molecule has 0 amide bonds. The lowest BCUT2D eigenvalue weighted by Crippen LogP contribution is -2.29. The molecule has 1 nitrogen and oxygen atoms in total. The van der Waals surface area contributed by atoms with Crippen molar-refractivity contribution in [3.05, 3.63) is 0 Å². The molecular weight excluding hydrogens is 158 g/mol. The summed E-state index contributed by atoms with van der Waals surface area (Å²) in [5.41, 5.74) is 6.51. The maximum absolute atomic E-state index is 5.94. The minimum atomic E-state index is 0.567. The normalized spacial score (nSPS) is 42.5. The Labute approximate surface area is 82.1 Å². The summed E-state index contributed by atoms with van der Waals surface area (Å²) in [6.07, 6.45) is 7.16. The molecule has 1 heteroatoms. The van der Waals surface area contributed by atoms with Gasteiger partial charge >= 0.3 is 0 Å². The number of nitrogens with two attached hydrogens (primary N) is 1. The molecule has 13 heavy (non-hydrogen) atoms. The average molecular weight is 181 g/mol. The Kier molecular flexibility index (Phi) is 2.39. The molecule has 0 aromatic carbocycles. The zero-order valence-corrected chi connectivity index (χ0v) is 9.05. The Bertz CT molecular complexity index is 176.